The van der Waals surface area contributed by atoms with Gasteiger partial charge in [-0.1, -0.05) is 30.3 Å². The van der Waals surface area contributed by atoms with Gasteiger partial charge in [-0.15, -0.1) is 12.4 Å². The van der Waals surface area contributed by atoms with Crippen LogP contribution in [0, 0.1) is 6.92 Å². The molecule has 1 aromatic carbocycles. The van der Waals surface area contributed by atoms with Crippen molar-refractivity contribution in [1.82, 2.24) is 24.9 Å². The second-order valence-corrected chi connectivity index (χ2v) is 7.60. The van der Waals surface area contributed by atoms with Crippen LogP contribution in [0.5, 0.6) is 0 Å². The molecule has 2 fully saturated rings. The first-order chi connectivity index (χ1) is 13.6. The Labute approximate surface area is 177 Å². The van der Waals surface area contributed by atoms with Gasteiger partial charge in [-0.25, -0.2) is 0 Å². The maximum Gasteiger partial charge on any atom is 0.257 e. The molecule has 1 N–H and O–H groups in total. The Kier molecular flexibility index (Phi) is 6.92. The number of aromatic nitrogens is 2. The number of hydrogen-bond acceptors (Lipinski definition) is 4. The number of amides is 2. The number of benzene rings is 1. The van der Waals surface area contributed by atoms with Crippen LogP contribution in [-0.4, -0.2) is 70.2 Å². The van der Waals surface area contributed by atoms with Crippen molar-refractivity contribution in [1.29, 1.82) is 0 Å². The lowest BCUT2D eigenvalue weighted by molar-refractivity contribution is -0.135. The fraction of sp³-hybridized carbons (Fsp3) is 0.476. The Morgan fingerprint density at radius 3 is 2.79 bits per heavy atom. The molecule has 8 heteroatoms. The van der Waals surface area contributed by atoms with E-state index in [1.807, 2.05) is 39.6 Å². The van der Waals surface area contributed by atoms with Crippen LogP contribution in [0.25, 0.3) is 0 Å². The molecule has 156 valence electrons. The number of nitrogens with zero attached hydrogens (tertiary/aromatic N) is 4. The molecule has 29 heavy (non-hydrogen) atoms. The molecular weight excluding hydrogens is 390 g/mol. The summed E-state index contributed by atoms with van der Waals surface area (Å²) >= 11 is 0. The first-order valence-corrected chi connectivity index (χ1v) is 9.99. The molecule has 2 aliphatic heterocycles. The van der Waals surface area contributed by atoms with Crippen molar-refractivity contribution in [3.63, 3.8) is 0 Å². The molecule has 0 aliphatic carbocycles. The molecule has 0 bridgehead atoms. The minimum absolute atomic E-state index is 0. The highest BCUT2D eigenvalue weighted by Gasteiger charge is 2.32. The normalized spacial score (nSPS) is 19.8. The molecule has 2 aromatic rings. The minimum Gasteiger partial charge on any atom is -0.336 e. The van der Waals surface area contributed by atoms with Gasteiger partial charge in [-0.05, 0) is 25.3 Å². The summed E-state index contributed by atoms with van der Waals surface area (Å²) in [4.78, 5) is 29.2. The van der Waals surface area contributed by atoms with Crippen LogP contribution >= 0.6 is 12.4 Å². The number of nitrogens with one attached hydrogen (secondary N) is 1. The molecule has 2 aliphatic rings. The zero-order chi connectivity index (χ0) is 19.5. The van der Waals surface area contributed by atoms with Gasteiger partial charge < -0.3 is 15.1 Å². The number of carbonyl (C=O) groups is 2. The molecule has 2 saturated heterocycles. The van der Waals surface area contributed by atoms with E-state index in [0.29, 0.717) is 25.2 Å². The Hall–Kier alpha value is -2.38. The standard InChI is InChI=1S/C21H27N5O2.ClH/c1-16-19(12-23-26(16)14-17-6-3-2-4-7-17)21(28)24-10-5-8-18(15-24)25-11-9-22-13-20(25)27;/h2-4,6-7,12,18,22H,5,8-11,13-15H2,1H3;1H. The Morgan fingerprint density at radius 1 is 1.24 bits per heavy atom. The molecular formula is C21H28ClN5O2. The minimum atomic E-state index is 0. The van der Waals surface area contributed by atoms with E-state index < -0.39 is 0 Å². The number of carbonyl (C=O) groups excluding carboxylic acids is 2. The third-order valence-electron chi connectivity index (χ3n) is 5.76. The molecule has 0 spiro atoms. The average molecular weight is 418 g/mol. The second kappa shape index (κ2) is 9.41. The Bertz CT molecular complexity index is 854. The number of halogens is 1. The molecule has 1 atom stereocenters. The van der Waals surface area contributed by atoms with Crippen LogP contribution < -0.4 is 5.32 Å². The average Bonchev–Trinajstić information content (AvgIpc) is 3.09. The van der Waals surface area contributed by atoms with Crippen molar-refractivity contribution in [2.75, 3.05) is 32.7 Å². The van der Waals surface area contributed by atoms with Crippen LogP contribution in [0.3, 0.4) is 0 Å². The maximum absolute atomic E-state index is 13.2. The van der Waals surface area contributed by atoms with E-state index in [9.17, 15) is 9.59 Å². The van der Waals surface area contributed by atoms with Gasteiger partial charge in [0.05, 0.1) is 24.8 Å². The number of rotatable bonds is 4. The van der Waals surface area contributed by atoms with E-state index in [-0.39, 0.29) is 30.3 Å². The summed E-state index contributed by atoms with van der Waals surface area (Å²) < 4.78 is 1.88. The quantitative estimate of drug-likeness (QED) is 0.822. The lowest BCUT2D eigenvalue weighted by Crippen LogP contribution is -2.57. The molecule has 7 nitrogen and oxygen atoms in total. The fourth-order valence-electron chi connectivity index (χ4n) is 4.14. The Balaban J connectivity index is 0.00000240. The molecule has 1 unspecified atom stereocenters. The van der Waals surface area contributed by atoms with Crippen LogP contribution in [0.1, 0.15) is 34.5 Å². The second-order valence-electron chi connectivity index (χ2n) is 7.60. The lowest BCUT2D eigenvalue weighted by Gasteiger charge is -2.41. The number of piperazine rings is 1. The zero-order valence-corrected chi connectivity index (χ0v) is 17.5. The number of likely N-dealkylation sites (tertiary alicyclic amines) is 1. The summed E-state index contributed by atoms with van der Waals surface area (Å²) in [5.41, 5.74) is 2.69. The third kappa shape index (κ3) is 4.62. The first-order valence-electron chi connectivity index (χ1n) is 9.99. The summed E-state index contributed by atoms with van der Waals surface area (Å²) in [6, 6.07) is 10.2. The van der Waals surface area contributed by atoms with Gasteiger partial charge >= 0.3 is 0 Å². The zero-order valence-electron chi connectivity index (χ0n) is 16.7. The van der Waals surface area contributed by atoms with Crippen molar-refractivity contribution in [3.05, 3.63) is 53.3 Å². The topological polar surface area (TPSA) is 70.5 Å². The summed E-state index contributed by atoms with van der Waals surface area (Å²) in [6.45, 7) is 5.88. The predicted octanol–water partition coefficient (Wildman–Crippen LogP) is 1.70. The third-order valence-corrected chi connectivity index (χ3v) is 5.76. The lowest BCUT2D eigenvalue weighted by atomic mass is 10.0. The van der Waals surface area contributed by atoms with Crippen molar-refractivity contribution < 1.29 is 9.59 Å². The van der Waals surface area contributed by atoms with Gasteiger partial charge in [0.1, 0.15) is 0 Å². The number of hydrogen-bond donors (Lipinski definition) is 1. The van der Waals surface area contributed by atoms with Crippen molar-refractivity contribution in [3.8, 4) is 0 Å². The highest BCUT2D eigenvalue weighted by molar-refractivity contribution is 5.95. The van der Waals surface area contributed by atoms with E-state index in [0.717, 1.165) is 43.7 Å². The highest BCUT2D eigenvalue weighted by Crippen LogP contribution is 2.20. The number of piperidine rings is 1. The van der Waals surface area contributed by atoms with Gasteiger partial charge in [0.25, 0.3) is 5.91 Å². The first kappa shape index (κ1) is 21.3. The van der Waals surface area contributed by atoms with E-state index in [1.54, 1.807) is 6.20 Å². The predicted molar refractivity (Wildman–Crippen MR) is 113 cm³/mol. The highest BCUT2D eigenvalue weighted by atomic mass is 35.5. The van der Waals surface area contributed by atoms with Gasteiger partial charge in [-0.2, -0.15) is 5.10 Å². The van der Waals surface area contributed by atoms with E-state index in [1.165, 1.54) is 0 Å². The summed E-state index contributed by atoms with van der Waals surface area (Å²) in [5, 5.41) is 7.55. The molecule has 3 heterocycles. The summed E-state index contributed by atoms with van der Waals surface area (Å²) in [6.07, 6.45) is 3.56. The van der Waals surface area contributed by atoms with Gasteiger partial charge in [0.2, 0.25) is 5.91 Å². The molecule has 4 rings (SSSR count). The maximum atomic E-state index is 13.2. The largest absolute Gasteiger partial charge is 0.336 e. The molecule has 2 amide bonds. The molecule has 0 saturated carbocycles. The monoisotopic (exact) mass is 417 g/mol. The summed E-state index contributed by atoms with van der Waals surface area (Å²) in [5.74, 6) is 0.154. The van der Waals surface area contributed by atoms with Crippen LogP contribution in [-0.2, 0) is 11.3 Å². The van der Waals surface area contributed by atoms with Crippen molar-refractivity contribution >= 4 is 24.2 Å². The van der Waals surface area contributed by atoms with Crippen molar-refractivity contribution in [2.24, 2.45) is 0 Å². The van der Waals surface area contributed by atoms with Crippen molar-refractivity contribution in [2.45, 2.75) is 32.4 Å². The molecule has 0 radical (unpaired) electrons. The van der Waals surface area contributed by atoms with E-state index >= 15 is 0 Å². The van der Waals surface area contributed by atoms with Crippen LogP contribution in [0.4, 0.5) is 0 Å². The summed E-state index contributed by atoms with van der Waals surface area (Å²) in [7, 11) is 0. The van der Waals surface area contributed by atoms with Crippen LogP contribution in [0.15, 0.2) is 36.5 Å². The SMILES string of the molecule is Cc1c(C(=O)N2CCCC(N3CCNCC3=O)C2)cnn1Cc1ccccc1.Cl. The van der Waals surface area contributed by atoms with Gasteiger partial charge in [-0.3, -0.25) is 14.3 Å². The van der Waals surface area contributed by atoms with Crippen LogP contribution in [0.2, 0.25) is 0 Å². The van der Waals surface area contributed by atoms with Gasteiger partial charge in [0, 0.05) is 37.9 Å². The molecule has 1 aromatic heterocycles. The van der Waals surface area contributed by atoms with E-state index in [2.05, 4.69) is 22.5 Å². The Morgan fingerprint density at radius 2 is 2.03 bits per heavy atom. The van der Waals surface area contributed by atoms with Gasteiger partial charge in [0.15, 0.2) is 0 Å². The fourth-order valence-corrected chi connectivity index (χ4v) is 4.14. The van der Waals surface area contributed by atoms with E-state index in [4.69, 9.17) is 0 Å². The smallest absolute Gasteiger partial charge is 0.257 e.